The van der Waals surface area contributed by atoms with Gasteiger partial charge in [-0.15, -0.1) is 42.0 Å². The molecule has 0 aliphatic rings. The van der Waals surface area contributed by atoms with E-state index in [1.807, 2.05) is 66.7 Å². The molecule has 0 aliphatic heterocycles. The van der Waals surface area contributed by atoms with Gasteiger partial charge in [-0.3, -0.25) is 4.98 Å². The van der Waals surface area contributed by atoms with Gasteiger partial charge in [0.2, 0.25) is 0 Å². The molecule has 0 saturated carbocycles. The molecule has 333 valence electrons. The molecule has 8 aromatic carbocycles. The Bertz CT molecular complexity index is 3600. The van der Waals surface area contributed by atoms with Gasteiger partial charge in [0.25, 0.3) is 0 Å². The molecule has 0 atom stereocenters. The first-order valence-corrected chi connectivity index (χ1v) is 22.9. The van der Waals surface area contributed by atoms with Gasteiger partial charge in [-0.25, -0.2) is 0 Å². The van der Waals surface area contributed by atoms with Crippen LogP contribution >= 0.6 is 0 Å². The summed E-state index contributed by atoms with van der Waals surface area (Å²) in [5.41, 5.74) is 16.4. The third kappa shape index (κ3) is 8.27. The van der Waals surface area contributed by atoms with E-state index in [-0.39, 0.29) is 31.9 Å². The minimum atomic E-state index is 0. The Kier molecular flexibility index (Phi) is 12.3. The molecule has 5 nitrogen and oxygen atoms in total. The largest absolute Gasteiger partial charge is 0.499 e. The molecule has 0 bridgehead atoms. The molecule has 0 amide bonds. The van der Waals surface area contributed by atoms with Gasteiger partial charge in [0.1, 0.15) is 5.58 Å². The summed E-state index contributed by atoms with van der Waals surface area (Å²) in [5.74, 6) is 2.05. The van der Waals surface area contributed by atoms with Crippen LogP contribution < -0.4 is 0 Å². The molecule has 0 N–H and O–H groups in total. The van der Waals surface area contributed by atoms with Gasteiger partial charge >= 0.3 is 0 Å². The number of rotatable bonds is 8. The summed E-state index contributed by atoms with van der Waals surface area (Å²) in [6, 6.07) is 73.8. The Morgan fingerprint density at radius 3 is 1.82 bits per heavy atom. The van der Waals surface area contributed by atoms with Crippen LogP contribution in [-0.2, 0) is 20.1 Å². The van der Waals surface area contributed by atoms with Crippen molar-refractivity contribution in [2.24, 2.45) is 0 Å². The van der Waals surface area contributed by atoms with Crippen LogP contribution in [-0.4, -0.2) is 14.5 Å². The Hall–Kier alpha value is -7.63. The maximum Gasteiger partial charge on any atom is 0.124 e. The fourth-order valence-corrected chi connectivity index (χ4v) is 9.18. The predicted molar refractivity (Wildman–Crippen MR) is 275 cm³/mol. The summed E-state index contributed by atoms with van der Waals surface area (Å²) >= 11 is 0. The van der Waals surface area contributed by atoms with Gasteiger partial charge in [0, 0.05) is 48.3 Å². The molecular weight excluding hydrogens is 1010 g/mol. The number of pyridine rings is 1. The van der Waals surface area contributed by atoms with Crippen LogP contribution in [0.15, 0.2) is 209 Å². The van der Waals surface area contributed by atoms with Crippen molar-refractivity contribution in [2.75, 3.05) is 0 Å². The number of fused-ring (bicyclic) bond motifs is 6. The molecule has 0 spiro atoms. The summed E-state index contributed by atoms with van der Waals surface area (Å²) in [4.78, 5) is 9.66. The van der Waals surface area contributed by atoms with Crippen molar-refractivity contribution >= 4 is 43.9 Å². The summed E-state index contributed by atoms with van der Waals surface area (Å²) in [5, 5.41) is 2.79. The number of nitrogens with zero attached hydrogens (tertiary/aromatic N) is 3. The first-order chi connectivity index (χ1) is 32.9. The third-order valence-electron chi connectivity index (χ3n) is 12.5. The van der Waals surface area contributed by atoms with Crippen molar-refractivity contribution in [2.45, 2.75) is 39.5 Å². The van der Waals surface area contributed by atoms with Crippen molar-refractivity contribution in [1.82, 2.24) is 14.5 Å². The Morgan fingerprint density at radius 2 is 1.18 bits per heavy atom. The maximum absolute atomic E-state index is 7.00. The smallest absolute Gasteiger partial charge is 0.124 e. The Labute approximate surface area is 410 Å². The van der Waals surface area contributed by atoms with E-state index in [1.165, 1.54) is 22.3 Å². The van der Waals surface area contributed by atoms with Crippen LogP contribution in [0, 0.1) is 12.1 Å². The zero-order chi connectivity index (χ0) is 45.4. The number of benzene rings is 8. The molecule has 4 heterocycles. The fourth-order valence-electron chi connectivity index (χ4n) is 9.18. The van der Waals surface area contributed by atoms with Gasteiger partial charge in [-0.05, 0) is 92.9 Å². The van der Waals surface area contributed by atoms with E-state index in [9.17, 15) is 0 Å². The molecular formula is C62H47IrN3O2-2. The zero-order valence-corrected chi connectivity index (χ0v) is 40.6. The predicted octanol–water partition coefficient (Wildman–Crippen LogP) is 16.9. The number of hydrogen-bond donors (Lipinski definition) is 0. The SMILES string of the molecule is CC(C)c1cc(-c2ccccc2)cc(C(C)C)c1-n1c(-c2[c-]c3cc(-c4ccccc4)oc3c3c2oc2cc(-c4ccccc4)ccc23)nc2ccccc21.[Ir].[c-]1ccccc1-c1ccccn1. The Balaban J connectivity index is 0.000000361. The van der Waals surface area contributed by atoms with Crippen LogP contribution in [0.4, 0.5) is 0 Å². The normalized spacial score (nSPS) is 11.4. The topological polar surface area (TPSA) is 57.0 Å². The number of furan rings is 2. The molecule has 4 aromatic heterocycles. The van der Waals surface area contributed by atoms with E-state index >= 15 is 0 Å². The van der Waals surface area contributed by atoms with Gasteiger partial charge in [-0.2, -0.15) is 0 Å². The number of imidazole rings is 1. The first kappa shape index (κ1) is 44.2. The molecule has 12 aromatic rings. The van der Waals surface area contributed by atoms with Crippen molar-refractivity contribution < 1.29 is 28.9 Å². The monoisotopic (exact) mass is 1060 g/mol. The number of hydrogen-bond acceptors (Lipinski definition) is 4. The molecule has 12 rings (SSSR count). The number of para-hydroxylation sites is 2. The summed E-state index contributed by atoms with van der Waals surface area (Å²) < 4.78 is 16.1. The van der Waals surface area contributed by atoms with E-state index in [2.05, 4.69) is 177 Å². The fraction of sp³-hybridized carbons (Fsp3) is 0.0968. The second-order valence-electron chi connectivity index (χ2n) is 17.5. The molecule has 0 aliphatic carbocycles. The van der Waals surface area contributed by atoms with E-state index in [0.29, 0.717) is 5.58 Å². The van der Waals surface area contributed by atoms with E-state index in [1.54, 1.807) is 6.20 Å². The quantitative estimate of drug-likeness (QED) is 0.142. The van der Waals surface area contributed by atoms with Crippen molar-refractivity contribution in [3.05, 3.63) is 224 Å². The van der Waals surface area contributed by atoms with Crippen molar-refractivity contribution in [3.63, 3.8) is 0 Å². The third-order valence-corrected chi connectivity index (χ3v) is 12.5. The van der Waals surface area contributed by atoms with Crippen molar-refractivity contribution in [1.29, 1.82) is 0 Å². The zero-order valence-electron chi connectivity index (χ0n) is 38.2. The van der Waals surface area contributed by atoms with Crippen molar-refractivity contribution in [3.8, 4) is 61.9 Å². The van der Waals surface area contributed by atoms with Gasteiger partial charge in [0.05, 0.1) is 33.8 Å². The van der Waals surface area contributed by atoms with Crippen LogP contribution in [0.3, 0.4) is 0 Å². The minimum absolute atomic E-state index is 0. The number of aromatic nitrogens is 3. The molecule has 0 unspecified atom stereocenters. The minimum Gasteiger partial charge on any atom is -0.499 e. The standard InChI is InChI=1S/C51H39N2O2.C11H8N.Ir/c1-31(2)40-26-37(34-18-10-6-11-19-34)27-41(32(3)4)48(40)53-44-23-15-14-22-43(44)52-51(53)42-28-38-30-45(35-20-12-7-13-21-35)54-49(38)47-39-25-24-36(29-46(39)55-50(42)47)33-16-8-5-9-17-33;1-2-6-10(7-3-1)11-8-4-5-9-12-11;/h5-27,29-32H,1-4H3;1-6,8-9H;/q2*-1;. The second-order valence-corrected chi connectivity index (χ2v) is 17.5. The Morgan fingerprint density at radius 1 is 0.544 bits per heavy atom. The van der Waals surface area contributed by atoms with Gasteiger partial charge in [0.15, 0.2) is 0 Å². The molecule has 6 heteroatoms. The van der Waals surface area contributed by atoms with Crippen LogP contribution in [0.1, 0.15) is 50.7 Å². The van der Waals surface area contributed by atoms with E-state index in [4.69, 9.17) is 13.8 Å². The van der Waals surface area contributed by atoms with E-state index < -0.39 is 0 Å². The van der Waals surface area contributed by atoms with Gasteiger partial charge < -0.3 is 18.4 Å². The average Bonchev–Trinajstić information content (AvgIpc) is 4.11. The maximum atomic E-state index is 7.00. The molecule has 0 fully saturated rings. The first-order valence-electron chi connectivity index (χ1n) is 22.9. The summed E-state index contributed by atoms with van der Waals surface area (Å²) in [6.45, 7) is 9.14. The second kappa shape index (κ2) is 18.9. The van der Waals surface area contributed by atoms with Crippen LogP contribution in [0.2, 0.25) is 0 Å². The summed E-state index contributed by atoms with van der Waals surface area (Å²) in [6.07, 6.45) is 1.79. The van der Waals surface area contributed by atoms with Gasteiger partial charge in [-0.1, -0.05) is 167 Å². The average molecular weight is 1060 g/mol. The molecule has 68 heavy (non-hydrogen) atoms. The molecule has 1 radical (unpaired) electrons. The van der Waals surface area contributed by atoms with Crippen LogP contribution in [0.25, 0.3) is 106 Å². The summed E-state index contributed by atoms with van der Waals surface area (Å²) in [7, 11) is 0. The molecule has 0 saturated heterocycles. The van der Waals surface area contributed by atoms with E-state index in [0.717, 1.165) is 89.1 Å². The van der Waals surface area contributed by atoms with Crippen LogP contribution in [0.5, 0.6) is 0 Å².